The van der Waals surface area contributed by atoms with Crippen molar-refractivity contribution < 1.29 is 0 Å². The predicted octanol–water partition coefficient (Wildman–Crippen LogP) is 3.33. The Morgan fingerprint density at radius 2 is 2.07 bits per heavy atom. The van der Waals surface area contributed by atoms with E-state index in [1.165, 1.54) is 29.5 Å². The van der Waals surface area contributed by atoms with Gasteiger partial charge in [-0.25, -0.2) is 0 Å². The van der Waals surface area contributed by atoms with Crippen LogP contribution in [0.2, 0.25) is 0 Å². The molecule has 1 aromatic carbocycles. The van der Waals surface area contributed by atoms with Crippen LogP contribution in [0, 0.1) is 6.92 Å². The molecule has 0 radical (unpaired) electrons. The van der Waals surface area contributed by atoms with Crippen molar-refractivity contribution >= 4 is 0 Å². The molecule has 1 atom stereocenters. The van der Waals surface area contributed by atoms with Crippen molar-refractivity contribution in [2.24, 2.45) is 0 Å². The van der Waals surface area contributed by atoms with E-state index in [2.05, 4.69) is 51.3 Å². The average Bonchev–Trinajstić information content (AvgIpc) is 2.17. The van der Waals surface area contributed by atoms with E-state index >= 15 is 0 Å². The zero-order valence-corrected chi connectivity index (χ0v) is 10.2. The highest BCUT2D eigenvalue weighted by atomic mass is 14.9. The van der Waals surface area contributed by atoms with Crippen molar-refractivity contribution in [3.63, 3.8) is 0 Å². The van der Waals surface area contributed by atoms with Gasteiger partial charge in [0.15, 0.2) is 0 Å². The van der Waals surface area contributed by atoms with Gasteiger partial charge in [-0.15, -0.1) is 0 Å². The molecule has 1 aliphatic rings. The highest BCUT2D eigenvalue weighted by Gasteiger charge is 2.31. The molecule has 0 aliphatic heterocycles. The van der Waals surface area contributed by atoms with E-state index in [4.69, 9.17) is 0 Å². The van der Waals surface area contributed by atoms with E-state index in [1.807, 2.05) is 0 Å². The maximum Gasteiger partial charge on any atom is 0.0320 e. The lowest BCUT2D eigenvalue weighted by Gasteiger charge is -2.37. The molecule has 0 amide bonds. The molecule has 0 saturated heterocycles. The van der Waals surface area contributed by atoms with Gasteiger partial charge in [-0.05, 0) is 43.4 Å². The zero-order chi connectivity index (χ0) is 11.1. The van der Waals surface area contributed by atoms with Crippen LogP contribution in [-0.4, -0.2) is 7.05 Å². The van der Waals surface area contributed by atoms with Gasteiger partial charge in [0, 0.05) is 6.04 Å². The molecule has 0 bridgehead atoms. The van der Waals surface area contributed by atoms with Crippen molar-refractivity contribution in [2.45, 2.75) is 45.1 Å². The van der Waals surface area contributed by atoms with Gasteiger partial charge in [0.1, 0.15) is 0 Å². The summed E-state index contributed by atoms with van der Waals surface area (Å²) in [5.74, 6) is 0. The number of benzene rings is 1. The minimum Gasteiger partial charge on any atom is -0.313 e. The molecule has 2 rings (SSSR count). The van der Waals surface area contributed by atoms with Crippen LogP contribution in [0.3, 0.4) is 0 Å². The Kier molecular flexibility index (Phi) is 2.59. The molecule has 1 aromatic rings. The van der Waals surface area contributed by atoms with E-state index in [0.717, 1.165) is 0 Å². The van der Waals surface area contributed by atoms with E-state index in [0.29, 0.717) is 11.5 Å². The Balaban J connectivity index is 2.53. The molecule has 0 fully saturated rings. The molecule has 1 nitrogen and oxygen atoms in total. The highest BCUT2D eigenvalue weighted by Crippen LogP contribution is 2.41. The maximum atomic E-state index is 3.43. The van der Waals surface area contributed by atoms with Gasteiger partial charge in [0.25, 0.3) is 0 Å². The first-order chi connectivity index (χ1) is 7.04. The largest absolute Gasteiger partial charge is 0.313 e. The molecule has 0 spiro atoms. The Bertz CT molecular complexity index is 366. The molecule has 1 N–H and O–H groups in total. The standard InChI is InChI=1S/C14H21N/c1-10-5-6-12-11(9-10)13(15-4)7-8-14(12,2)3/h5-6,9,13,15H,7-8H2,1-4H3. The summed E-state index contributed by atoms with van der Waals surface area (Å²) in [6, 6.07) is 7.44. The van der Waals surface area contributed by atoms with Crippen LogP contribution >= 0.6 is 0 Å². The minimum absolute atomic E-state index is 0.344. The third-order valence-corrected chi connectivity index (χ3v) is 3.72. The van der Waals surface area contributed by atoms with Crippen LogP contribution < -0.4 is 5.32 Å². The third kappa shape index (κ3) is 1.81. The molecule has 1 heteroatoms. The minimum atomic E-state index is 0.344. The van der Waals surface area contributed by atoms with Gasteiger partial charge in [-0.3, -0.25) is 0 Å². The van der Waals surface area contributed by atoms with Gasteiger partial charge in [-0.2, -0.15) is 0 Å². The predicted molar refractivity (Wildman–Crippen MR) is 65.2 cm³/mol. The summed E-state index contributed by atoms with van der Waals surface area (Å²) in [5.41, 5.74) is 4.75. The van der Waals surface area contributed by atoms with Crippen molar-refractivity contribution in [1.29, 1.82) is 0 Å². The number of rotatable bonds is 1. The number of hydrogen-bond acceptors (Lipinski definition) is 1. The summed E-state index contributed by atoms with van der Waals surface area (Å²) in [5, 5.41) is 3.43. The molecule has 82 valence electrons. The molecule has 0 aromatic heterocycles. The fourth-order valence-corrected chi connectivity index (χ4v) is 2.68. The van der Waals surface area contributed by atoms with Gasteiger partial charge in [-0.1, -0.05) is 37.6 Å². The molecule has 15 heavy (non-hydrogen) atoms. The van der Waals surface area contributed by atoms with Crippen molar-refractivity contribution in [3.05, 3.63) is 34.9 Å². The summed E-state index contributed by atoms with van der Waals surface area (Å²) in [6.45, 7) is 6.88. The summed E-state index contributed by atoms with van der Waals surface area (Å²) in [6.07, 6.45) is 2.52. The van der Waals surface area contributed by atoms with Crippen LogP contribution in [0.4, 0.5) is 0 Å². The highest BCUT2D eigenvalue weighted by molar-refractivity contribution is 5.40. The molecule has 0 heterocycles. The lowest BCUT2D eigenvalue weighted by Crippen LogP contribution is -2.31. The van der Waals surface area contributed by atoms with E-state index in [9.17, 15) is 0 Å². The lowest BCUT2D eigenvalue weighted by molar-refractivity contribution is 0.370. The van der Waals surface area contributed by atoms with Crippen LogP contribution in [0.25, 0.3) is 0 Å². The van der Waals surface area contributed by atoms with Crippen LogP contribution in [0.1, 0.15) is 49.4 Å². The van der Waals surface area contributed by atoms with Crippen molar-refractivity contribution in [2.75, 3.05) is 7.05 Å². The molecular weight excluding hydrogens is 182 g/mol. The Labute approximate surface area is 92.9 Å². The Hall–Kier alpha value is -0.820. The fraction of sp³-hybridized carbons (Fsp3) is 0.571. The van der Waals surface area contributed by atoms with Crippen molar-refractivity contribution in [3.8, 4) is 0 Å². The summed E-state index contributed by atoms with van der Waals surface area (Å²) < 4.78 is 0. The number of fused-ring (bicyclic) bond motifs is 1. The molecule has 0 saturated carbocycles. The maximum absolute atomic E-state index is 3.43. The Morgan fingerprint density at radius 1 is 1.33 bits per heavy atom. The molecule has 1 unspecified atom stereocenters. The SMILES string of the molecule is CNC1CCC(C)(C)c2ccc(C)cc21. The number of nitrogens with one attached hydrogen (secondary N) is 1. The third-order valence-electron chi connectivity index (χ3n) is 3.72. The van der Waals surface area contributed by atoms with E-state index in [-0.39, 0.29) is 0 Å². The monoisotopic (exact) mass is 203 g/mol. The van der Waals surface area contributed by atoms with Gasteiger partial charge in [0.2, 0.25) is 0 Å². The lowest BCUT2D eigenvalue weighted by atomic mass is 9.71. The topological polar surface area (TPSA) is 12.0 Å². The quantitative estimate of drug-likeness (QED) is 0.738. The number of hydrogen-bond donors (Lipinski definition) is 1. The molecular formula is C14H21N. The smallest absolute Gasteiger partial charge is 0.0320 e. The summed E-state index contributed by atoms with van der Waals surface area (Å²) in [7, 11) is 2.06. The van der Waals surface area contributed by atoms with Crippen LogP contribution in [-0.2, 0) is 5.41 Å². The first-order valence-corrected chi connectivity index (χ1v) is 5.83. The second kappa shape index (κ2) is 3.64. The average molecular weight is 203 g/mol. The summed E-state index contributed by atoms with van der Waals surface area (Å²) >= 11 is 0. The van der Waals surface area contributed by atoms with E-state index in [1.54, 1.807) is 0 Å². The van der Waals surface area contributed by atoms with Crippen LogP contribution in [0.5, 0.6) is 0 Å². The van der Waals surface area contributed by atoms with Gasteiger partial charge < -0.3 is 5.32 Å². The van der Waals surface area contributed by atoms with Gasteiger partial charge >= 0.3 is 0 Å². The first-order valence-electron chi connectivity index (χ1n) is 5.83. The van der Waals surface area contributed by atoms with Crippen molar-refractivity contribution in [1.82, 2.24) is 5.32 Å². The molecule has 1 aliphatic carbocycles. The zero-order valence-electron chi connectivity index (χ0n) is 10.2. The van der Waals surface area contributed by atoms with E-state index < -0.39 is 0 Å². The van der Waals surface area contributed by atoms with Gasteiger partial charge in [0.05, 0.1) is 0 Å². The van der Waals surface area contributed by atoms with Crippen LogP contribution in [0.15, 0.2) is 18.2 Å². The first kappa shape index (κ1) is 10.7. The number of aryl methyl sites for hydroxylation is 1. The normalized spacial score (nSPS) is 23.6. The second-order valence-electron chi connectivity index (χ2n) is 5.35. The summed E-state index contributed by atoms with van der Waals surface area (Å²) in [4.78, 5) is 0. The fourth-order valence-electron chi connectivity index (χ4n) is 2.68. The second-order valence-corrected chi connectivity index (χ2v) is 5.35. The Morgan fingerprint density at radius 3 is 2.73 bits per heavy atom.